The van der Waals surface area contributed by atoms with Gasteiger partial charge in [-0.25, -0.2) is 0 Å². The van der Waals surface area contributed by atoms with Gasteiger partial charge >= 0.3 is 0 Å². The maximum absolute atomic E-state index is 6.02. The molecule has 1 N–H and O–H groups in total. The summed E-state index contributed by atoms with van der Waals surface area (Å²) in [6, 6.07) is 0. The van der Waals surface area contributed by atoms with Gasteiger partial charge in [0.05, 0.1) is 11.7 Å². The van der Waals surface area contributed by atoms with Crippen LogP contribution in [0.2, 0.25) is 0 Å². The Labute approximate surface area is 100 Å². The summed E-state index contributed by atoms with van der Waals surface area (Å²) in [5.41, 5.74) is 0.494. The van der Waals surface area contributed by atoms with Crippen molar-refractivity contribution in [2.75, 3.05) is 6.54 Å². The third-order valence-electron chi connectivity index (χ3n) is 4.27. The van der Waals surface area contributed by atoms with Crippen LogP contribution in [0.4, 0.5) is 0 Å². The summed E-state index contributed by atoms with van der Waals surface area (Å²) < 4.78 is 6.02. The quantitative estimate of drug-likeness (QED) is 0.796. The molecule has 0 spiro atoms. The zero-order valence-electron chi connectivity index (χ0n) is 11.1. The predicted molar refractivity (Wildman–Crippen MR) is 67.7 cm³/mol. The average molecular weight is 225 g/mol. The highest BCUT2D eigenvalue weighted by Crippen LogP contribution is 2.31. The Morgan fingerprint density at radius 3 is 2.31 bits per heavy atom. The van der Waals surface area contributed by atoms with Gasteiger partial charge in [-0.15, -0.1) is 0 Å². The van der Waals surface area contributed by atoms with Crippen molar-refractivity contribution in [3.05, 3.63) is 0 Å². The van der Waals surface area contributed by atoms with Gasteiger partial charge in [-0.3, -0.25) is 0 Å². The second-order valence-electron chi connectivity index (χ2n) is 6.54. The lowest BCUT2D eigenvalue weighted by molar-refractivity contribution is -0.0177. The van der Waals surface area contributed by atoms with Crippen LogP contribution in [0.25, 0.3) is 0 Å². The van der Waals surface area contributed by atoms with Gasteiger partial charge in [-0.05, 0) is 46.5 Å². The zero-order chi connectivity index (χ0) is 11.6. The first-order chi connectivity index (χ1) is 7.49. The van der Waals surface area contributed by atoms with Crippen molar-refractivity contribution in [2.24, 2.45) is 0 Å². The molecular weight excluding hydrogens is 198 g/mol. The Morgan fingerprint density at radius 1 is 1.06 bits per heavy atom. The van der Waals surface area contributed by atoms with Gasteiger partial charge in [0.15, 0.2) is 0 Å². The highest BCUT2D eigenvalue weighted by Gasteiger charge is 2.33. The topological polar surface area (TPSA) is 21.3 Å². The smallest absolute Gasteiger partial charge is 0.0708 e. The van der Waals surface area contributed by atoms with Crippen molar-refractivity contribution in [3.63, 3.8) is 0 Å². The van der Waals surface area contributed by atoms with Gasteiger partial charge in [-0.2, -0.15) is 0 Å². The average Bonchev–Trinajstić information content (AvgIpc) is 2.57. The standard InChI is InChI=1S/C14H27NO/c1-13(2)10-7-12(16-13)11-15-14(3)8-5-4-6-9-14/h12,15H,4-11H2,1-3H3. The molecule has 1 atom stereocenters. The summed E-state index contributed by atoms with van der Waals surface area (Å²) in [5.74, 6) is 0. The van der Waals surface area contributed by atoms with Crippen LogP contribution in [0.1, 0.15) is 65.7 Å². The molecule has 0 aromatic carbocycles. The maximum Gasteiger partial charge on any atom is 0.0708 e. The largest absolute Gasteiger partial charge is 0.371 e. The van der Waals surface area contributed by atoms with Crippen LogP contribution < -0.4 is 5.32 Å². The molecule has 0 radical (unpaired) electrons. The van der Waals surface area contributed by atoms with Gasteiger partial charge in [0.2, 0.25) is 0 Å². The van der Waals surface area contributed by atoms with Gasteiger partial charge in [-0.1, -0.05) is 19.3 Å². The zero-order valence-corrected chi connectivity index (χ0v) is 11.1. The van der Waals surface area contributed by atoms with Gasteiger partial charge in [0.25, 0.3) is 0 Å². The van der Waals surface area contributed by atoms with E-state index in [1.165, 1.54) is 44.9 Å². The third-order valence-corrected chi connectivity index (χ3v) is 4.27. The maximum atomic E-state index is 6.02. The molecule has 94 valence electrons. The van der Waals surface area contributed by atoms with E-state index < -0.39 is 0 Å². The normalized spacial score (nSPS) is 32.8. The fourth-order valence-corrected chi connectivity index (χ4v) is 3.09. The number of hydrogen-bond acceptors (Lipinski definition) is 2. The van der Waals surface area contributed by atoms with Crippen molar-refractivity contribution in [1.82, 2.24) is 5.32 Å². The molecule has 2 rings (SSSR count). The molecular formula is C14H27NO. The lowest BCUT2D eigenvalue weighted by Crippen LogP contribution is -2.47. The van der Waals surface area contributed by atoms with Gasteiger partial charge < -0.3 is 10.1 Å². The molecule has 0 bridgehead atoms. The molecule has 0 aromatic rings. The van der Waals surface area contributed by atoms with E-state index >= 15 is 0 Å². The van der Waals surface area contributed by atoms with Crippen LogP contribution in [0.3, 0.4) is 0 Å². The summed E-state index contributed by atoms with van der Waals surface area (Å²) in [5, 5.41) is 3.75. The summed E-state index contributed by atoms with van der Waals surface area (Å²) in [4.78, 5) is 0. The summed E-state index contributed by atoms with van der Waals surface area (Å²) >= 11 is 0. The number of nitrogens with one attached hydrogen (secondary N) is 1. The molecule has 16 heavy (non-hydrogen) atoms. The first kappa shape index (κ1) is 12.4. The number of rotatable bonds is 3. The Morgan fingerprint density at radius 2 is 1.75 bits per heavy atom. The molecule has 0 amide bonds. The highest BCUT2D eigenvalue weighted by atomic mass is 16.5. The molecule has 1 heterocycles. The van der Waals surface area contributed by atoms with Gasteiger partial charge in [0, 0.05) is 12.1 Å². The molecule has 1 saturated carbocycles. The minimum atomic E-state index is 0.111. The van der Waals surface area contributed by atoms with Crippen molar-refractivity contribution < 1.29 is 4.74 Å². The van der Waals surface area contributed by atoms with Crippen molar-refractivity contribution >= 4 is 0 Å². The first-order valence-electron chi connectivity index (χ1n) is 6.92. The fraction of sp³-hybridized carbons (Fsp3) is 1.00. The summed E-state index contributed by atoms with van der Waals surface area (Å²) in [6.45, 7) is 7.83. The number of hydrogen-bond donors (Lipinski definition) is 1. The molecule has 2 fully saturated rings. The van der Waals surface area contributed by atoms with Crippen LogP contribution in [-0.2, 0) is 4.74 Å². The van der Waals surface area contributed by atoms with Crippen LogP contribution in [0.5, 0.6) is 0 Å². The SMILES string of the molecule is CC1(NCC2CCC(C)(C)O2)CCCCC1. The van der Waals surface area contributed by atoms with Crippen LogP contribution in [0, 0.1) is 0 Å². The Bertz CT molecular complexity index is 231. The number of ether oxygens (including phenoxy) is 1. The molecule has 2 aliphatic rings. The van der Waals surface area contributed by atoms with E-state index in [4.69, 9.17) is 4.74 Å². The summed E-state index contributed by atoms with van der Waals surface area (Å²) in [7, 11) is 0. The molecule has 0 aromatic heterocycles. The Kier molecular flexibility index (Phi) is 3.60. The monoisotopic (exact) mass is 225 g/mol. The van der Waals surface area contributed by atoms with E-state index in [1.54, 1.807) is 0 Å². The minimum Gasteiger partial charge on any atom is -0.371 e. The van der Waals surface area contributed by atoms with E-state index in [-0.39, 0.29) is 5.60 Å². The Hall–Kier alpha value is -0.0800. The fourth-order valence-electron chi connectivity index (χ4n) is 3.09. The molecule has 1 aliphatic heterocycles. The van der Waals surface area contributed by atoms with E-state index in [2.05, 4.69) is 26.1 Å². The highest BCUT2D eigenvalue weighted by molar-refractivity contribution is 4.89. The molecule has 1 aliphatic carbocycles. The van der Waals surface area contributed by atoms with Crippen LogP contribution >= 0.6 is 0 Å². The van der Waals surface area contributed by atoms with Crippen molar-refractivity contribution in [3.8, 4) is 0 Å². The molecule has 1 saturated heterocycles. The van der Waals surface area contributed by atoms with Crippen molar-refractivity contribution in [1.29, 1.82) is 0 Å². The first-order valence-corrected chi connectivity index (χ1v) is 6.92. The third kappa shape index (κ3) is 3.21. The predicted octanol–water partition coefficient (Wildman–Crippen LogP) is 3.26. The second-order valence-corrected chi connectivity index (χ2v) is 6.54. The van der Waals surface area contributed by atoms with E-state index in [1.807, 2.05) is 0 Å². The molecule has 2 nitrogen and oxygen atoms in total. The second kappa shape index (κ2) is 4.66. The summed E-state index contributed by atoms with van der Waals surface area (Å²) in [6.07, 6.45) is 9.73. The van der Waals surface area contributed by atoms with E-state index in [9.17, 15) is 0 Å². The van der Waals surface area contributed by atoms with E-state index in [0.717, 1.165) is 6.54 Å². The lowest BCUT2D eigenvalue weighted by Gasteiger charge is -2.35. The van der Waals surface area contributed by atoms with Gasteiger partial charge in [0.1, 0.15) is 0 Å². The van der Waals surface area contributed by atoms with E-state index in [0.29, 0.717) is 11.6 Å². The van der Waals surface area contributed by atoms with Crippen LogP contribution in [0.15, 0.2) is 0 Å². The minimum absolute atomic E-state index is 0.111. The van der Waals surface area contributed by atoms with Crippen LogP contribution in [-0.4, -0.2) is 23.8 Å². The lowest BCUT2D eigenvalue weighted by atomic mass is 9.83. The Balaban J connectivity index is 1.75. The molecule has 1 unspecified atom stereocenters. The molecule has 2 heteroatoms. The van der Waals surface area contributed by atoms with Crippen molar-refractivity contribution in [2.45, 2.75) is 83.0 Å².